The van der Waals surface area contributed by atoms with Crippen molar-refractivity contribution in [2.24, 2.45) is 0 Å². The molecule has 0 saturated carbocycles. The molecular formula is C16H17BrO. The summed E-state index contributed by atoms with van der Waals surface area (Å²) in [7, 11) is 0. The van der Waals surface area contributed by atoms with Gasteiger partial charge in [0.05, 0.1) is 0 Å². The monoisotopic (exact) mass is 304 g/mol. The standard InChI is InChI=1S/C16H17BrO/c1-4-11-18-15-13-8-6-5-7-12(13)9-10-14(15)16(2,3)17/h4-10H,1,11H2,2-3H3. The Morgan fingerprint density at radius 2 is 1.94 bits per heavy atom. The topological polar surface area (TPSA) is 9.23 Å². The van der Waals surface area contributed by atoms with E-state index in [0.29, 0.717) is 6.61 Å². The molecule has 2 aromatic carbocycles. The molecule has 0 heterocycles. The van der Waals surface area contributed by atoms with Crippen LogP contribution in [0.4, 0.5) is 0 Å². The molecule has 0 radical (unpaired) electrons. The molecule has 2 rings (SSSR count). The molecule has 0 aliphatic heterocycles. The van der Waals surface area contributed by atoms with E-state index in [9.17, 15) is 0 Å². The second kappa shape index (κ2) is 5.15. The summed E-state index contributed by atoms with van der Waals surface area (Å²) in [5, 5.41) is 2.33. The highest BCUT2D eigenvalue weighted by Crippen LogP contribution is 2.40. The van der Waals surface area contributed by atoms with E-state index in [1.54, 1.807) is 6.08 Å². The highest BCUT2D eigenvalue weighted by Gasteiger charge is 2.22. The van der Waals surface area contributed by atoms with Crippen molar-refractivity contribution in [2.75, 3.05) is 6.61 Å². The minimum atomic E-state index is -0.118. The van der Waals surface area contributed by atoms with E-state index in [0.717, 1.165) is 16.7 Å². The molecule has 0 N–H and O–H groups in total. The smallest absolute Gasteiger partial charge is 0.132 e. The van der Waals surface area contributed by atoms with Crippen LogP contribution in [0.3, 0.4) is 0 Å². The summed E-state index contributed by atoms with van der Waals surface area (Å²) in [6, 6.07) is 12.5. The van der Waals surface area contributed by atoms with Gasteiger partial charge in [-0.3, -0.25) is 0 Å². The number of benzene rings is 2. The average molecular weight is 305 g/mol. The summed E-state index contributed by atoms with van der Waals surface area (Å²) in [4.78, 5) is 0. The summed E-state index contributed by atoms with van der Waals surface area (Å²) in [5.74, 6) is 0.940. The summed E-state index contributed by atoms with van der Waals surface area (Å²) in [5.41, 5.74) is 1.16. The first-order valence-corrected chi connectivity index (χ1v) is 6.78. The Balaban J connectivity index is 2.66. The van der Waals surface area contributed by atoms with E-state index in [1.807, 2.05) is 12.1 Å². The van der Waals surface area contributed by atoms with Crippen LogP contribution in [-0.4, -0.2) is 6.61 Å². The van der Waals surface area contributed by atoms with E-state index >= 15 is 0 Å². The van der Waals surface area contributed by atoms with Gasteiger partial charge in [-0.25, -0.2) is 0 Å². The number of rotatable bonds is 4. The van der Waals surface area contributed by atoms with E-state index in [-0.39, 0.29) is 4.32 Å². The summed E-state index contributed by atoms with van der Waals surface area (Å²) < 4.78 is 5.76. The largest absolute Gasteiger partial charge is 0.489 e. The van der Waals surface area contributed by atoms with E-state index < -0.39 is 0 Å². The van der Waals surface area contributed by atoms with Gasteiger partial charge in [0.2, 0.25) is 0 Å². The van der Waals surface area contributed by atoms with Gasteiger partial charge in [0.25, 0.3) is 0 Å². The van der Waals surface area contributed by atoms with Gasteiger partial charge in [-0.2, -0.15) is 0 Å². The van der Waals surface area contributed by atoms with Crippen LogP contribution in [0.5, 0.6) is 5.75 Å². The van der Waals surface area contributed by atoms with Crippen LogP contribution in [0.2, 0.25) is 0 Å². The predicted octanol–water partition coefficient (Wildman–Crippen LogP) is 5.03. The maximum atomic E-state index is 5.88. The lowest BCUT2D eigenvalue weighted by atomic mass is 9.97. The third-order valence-corrected chi connectivity index (χ3v) is 3.29. The Morgan fingerprint density at radius 1 is 1.22 bits per heavy atom. The maximum absolute atomic E-state index is 5.88. The van der Waals surface area contributed by atoms with Gasteiger partial charge in [-0.15, -0.1) is 0 Å². The maximum Gasteiger partial charge on any atom is 0.132 e. The SMILES string of the molecule is C=CCOc1c(C(C)(C)Br)ccc2ccccc12. The van der Waals surface area contributed by atoms with Crippen LogP contribution in [0, 0.1) is 0 Å². The fourth-order valence-corrected chi connectivity index (χ4v) is 2.32. The lowest BCUT2D eigenvalue weighted by molar-refractivity contribution is 0.361. The van der Waals surface area contributed by atoms with Crippen molar-refractivity contribution >= 4 is 26.7 Å². The molecule has 2 aromatic rings. The number of hydrogen-bond acceptors (Lipinski definition) is 1. The molecule has 0 amide bonds. The first kappa shape index (κ1) is 13.2. The molecule has 1 nitrogen and oxygen atoms in total. The number of alkyl halides is 1. The zero-order valence-electron chi connectivity index (χ0n) is 10.7. The number of fused-ring (bicyclic) bond motifs is 1. The number of hydrogen-bond donors (Lipinski definition) is 0. The number of halogens is 1. The lowest BCUT2D eigenvalue weighted by Crippen LogP contribution is -2.10. The van der Waals surface area contributed by atoms with Crippen molar-refractivity contribution in [1.29, 1.82) is 0 Å². The average Bonchev–Trinajstić information content (AvgIpc) is 2.34. The van der Waals surface area contributed by atoms with Crippen molar-refractivity contribution in [3.05, 3.63) is 54.6 Å². The van der Waals surface area contributed by atoms with Gasteiger partial charge in [-0.05, 0) is 19.2 Å². The van der Waals surface area contributed by atoms with Crippen LogP contribution in [0.1, 0.15) is 19.4 Å². The highest BCUT2D eigenvalue weighted by molar-refractivity contribution is 9.09. The Morgan fingerprint density at radius 3 is 2.61 bits per heavy atom. The zero-order valence-corrected chi connectivity index (χ0v) is 12.3. The first-order valence-electron chi connectivity index (χ1n) is 5.99. The summed E-state index contributed by atoms with van der Waals surface area (Å²) in [6.45, 7) is 8.47. The molecule has 0 unspecified atom stereocenters. The fraction of sp³-hybridized carbons (Fsp3) is 0.250. The van der Waals surface area contributed by atoms with Crippen LogP contribution >= 0.6 is 15.9 Å². The Hall–Kier alpha value is -1.28. The third-order valence-electron chi connectivity index (χ3n) is 2.87. The summed E-state index contributed by atoms with van der Waals surface area (Å²) >= 11 is 3.71. The van der Waals surface area contributed by atoms with Gasteiger partial charge < -0.3 is 4.74 Å². The van der Waals surface area contributed by atoms with Crippen molar-refractivity contribution < 1.29 is 4.74 Å². The molecule has 0 aliphatic rings. The molecule has 0 spiro atoms. The second-order valence-electron chi connectivity index (χ2n) is 4.74. The second-order valence-corrected chi connectivity index (χ2v) is 6.72. The van der Waals surface area contributed by atoms with Crippen molar-refractivity contribution in [3.8, 4) is 5.75 Å². The predicted molar refractivity (Wildman–Crippen MR) is 81.6 cm³/mol. The van der Waals surface area contributed by atoms with Crippen molar-refractivity contribution in [2.45, 2.75) is 18.2 Å². The normalized spacial score (nSPS) is 11.5. The van der Waals surface area contributed by atoms with Crippen LogP contribution in [-0.2, 0) is 4.32 Å². The lowest BCUT2D eigenvalue weighted by Gasteiger charge is -2.22. The van der Waals surface area contributed by atoms with Crippen LogP contribution < -0.4 is 4.74 Å². The van der Waals surface area contributed by atoms with E-state index in [2.05, 4.69) is 60.6 Å². The fourth-order valence-electron chi connectivity index (χ4n) is 2.01. The Bertz CT molecular complexity index is 567. The van der Waals surface area contributed by atoms with Crippen molar-refractivity contribution in [1.82, 2.24) is 0 Å². The summed E-state index contributed by atoms with van der Waals surface area (Å²) in [6.07, 6.45) is 1.77. The Kier molecular flexibility index (Phi) is 3.76. The van der Waals surface area contributed by atoms with Gasteiger partial charge in [0, 0.05) is 15.3 Å². The molecule has 18 heavy (non-hydrogen) atoms. The highest BCUT2D eigenvalue weighted by atomic mass is 79.9. The molecular weight excluding hydrogens is 288 g/mol. The van der Waals surface area contributed by atoms with Gasteiger partial charge in [-0.1, -0.05) is 65.0 Å². The third kappa shape index (κ3) is 2.59. The first-order chi connectivity index (χ1) is 8.54. The van der Waals surface area contributed by atoms with Crippen LogP contribution in [0.25, 0.3) is 10.8 Å². The number of ether oxygens (including phenoxy) is 1. The zero-order chi connectivity index (χ0) is 13.2. The van der Waals surface area contributed by atoms with Gasteiger partial charge in [0.15, 0.2) is 0 Å². The van der Waals surface area contributed by atoms with E-state index in [1.165, 1.54) is 5.39 Å². The van der Waals surface area contributed by atoms with Crippen molar-refractivity contribution in [3.63, 3.8) is 0 Å². The molecule has 2 heteroatoms. The molecule has 0 saturated heterocycles. The molecule has 0 aliphatic carbocycles. The molecule has 0 aromatic heterocycles. The van der Waals surface area contributed by atoms with Gasteiger partial charge in [0.1, 0.15) is 12.4 Å². The molecule has 0 atom stereocenters. The Labute approximate surface area is 117 Å². The van der Waals surface area contributed by atoms with Crippen LogP contribution in [0.15, 0.2) is 49.1 Å². The van der Waals surface area contributed by atoms with Gasteiger partial charge >= 0.3 is 0 Å². The van der Waals surface area contributed by atoms with E-state index in [4.69, 9.17) is 4.74 Å². The molecule has 0 bridgehead atoms. The molecule has 0 fully saturated rings. The quantitative estimate of drug-likeness (QED) is 0.568. The minimum Gasteiger partial charge on any atom is -0.489 e. The minimum absolute atomic E-state index is 0.118. The molecule has 94 valence electrons.